The number of hydrogen-bond acceptors (Lipinski definition) is 4. The molecule has 2 heterocycles. The summed E-state index contributed by atoms with van der Waals surface area (Å²) in [6.45, 7) is 5.65. The molecule has 1 aliphatic heterocycles. The van der Waals surface area contributed by atoms with Gasteiger partial charge in [0.25, 0.3) is 0 Å². The Morgan fingerprint density at radius 3 is 2.57 bits per heavy atom. The highest BCUT2D eigenvalue weighted by molar-refractivity contribution is 7.13. The van der Waals surface area contributed by atoms with E-state index in [1.807, 2.05) is 6.07 Å². The minimum absolute atomic E-state index is 0.117. The Balaban J connectivity index is 1.38. The van der Waals surface area contributed by atoms with Crippen LogP contribution in [0.2, 0.25) is 0 Å². The van der Waals surface area contributed by atoms with Crippen LogP contribution in [0.5, 0.6) is 5.06 Å². The van der Waals surface area contributed by atoms with Crippen LogP contribution in [-0.4, -0.2) is 29.2 Å². The number of ether oxygens (including phenoxy) is 1. The molecule has 1 fully saturated rings. The molecule has 0 saturated carbocycles. The molecule has 1 saturated heterocycles. The maximum Gasteiger partial charge on any atom is 0.174 e. The van der Waals surface area contributed by atoms with Crippen LogP contribution >= 0.6 is 11.3 Å². The third kappa shape index (κ3) is 4.64. The Bertz CT molecular complexity index is 898. The van der Waals surface area contributed by atoms with Gasteiger partial charge in [0.15, 0.2) is 5.06 Å². The van der Waals surface area contributed by atoms with Crippen LogP contribution in [-0.2, 0) is 13.2 Å². The van der Waals surface area contributed by atoms with Crippen molar-refractivity contribution in [3.8, 4) is 16.2 Å². The fourth-order valence-corrected chi connectivity index (χ4v) is 4.63. The summed E-state index contributed by atoms with van der Waals surface area (Å²) in [5, 5.41) is 10.6. The molecule has 2 aromatic carbocycles. The smallest absolute Gasteiger partial charge is 0.174 e. The number of aliphatic hydroxyl groups is 1. The van der Waals surface area contributed by atoms with E-state index in [2.05, 4.69) is 66.4 Å². The molecule has 0 aliphatic carbocycles. The lowest BCUT2D eigenvalue weighted by Crippen LogP contribution is -2.35. The fourth-order valence-electron chi connectivity index (χ4n) is 3.74. The number of piperidine rings is 1. The van der Waals surface area contributed by atoms with Gasteiger partial charge in [0.1, 0.15) is 6.61 Å². The predicted molar refractivity (Wildman–Crippen MR) is 116 cm³/mol. The highest BCUT2D eigenvalue weighted by Gasteiger charge is 2.17. The van der Waals surface area contributed by atoms with E-state index in [-0.39, 0.29) is 6.10 Å². The van der Waals surface area contributed by atoms with Crippen molar-refractivity contribution in [3.05, 3.63) is 76.7 Å². The Labute approximate surface area is 171 Å². The van der Waals surface area contributed by atoms with Gasteiger partial charge >= 0.3 is 0 Å². The number of aliphatic hydroxyl groups excluding tert-OH is 1. The quantitative estimate of drug-likeness (QED) is 0.620. The predicted octanol–water partition coefficient (Wildman–Crippen LogP) is 5.26. The maximum atomic E-state index is 9.65. The molecule has 1 aliphatic rings. The van der Waals surface area contributed by atoms with Gasteiger partial charge in [-0.15, -0.1) is 11.3 Å². The molecular formula is C24H27NO2S. The first-order valence-corrected chi connectivity index (χ1v) is 10.8. The maximum absolute atomic E-state index is 9.65. The number of nitrogens with zero attached hydrogens (tertiary/aromatic N) is 1. The van der Waals surface area contributed by atoms with Crippen LogP contribution in [0, 0.1) is 6.92 Å². The lowest BCUT2D eigenvalue weighted by atomic mass is 9.97. The van der Waals surface area contributed by atoms with E-state index in [1.165, 1.54) is 27.1 Å². The molecule has 28 heavy (non-hydrogen) atoms. The SMILES string of the molecule is Cc1c(COc2ccc(CN3CCC(O)CC3)s2)cccc1-c1ccccc1. The topological polar surface area (TPSA) is 32.7 Å². The van der Waals surface area contributed by atoms with E-state index in [1.54, 1.807) is 11.3 Å². The molecular weight excluding hydrogens is 366 g/mol. The van der Waals surface area contributed by atoms with Crippen LogP contribution in [0.25, 0.3) is 11.1 Å². The summed E-state index contributed by atoms with van der Waals surface area (Å²) in [7, 11) is 0. The van der Waals surface area contributed by atoms with Crippen molar-refractivity contribution in [2.75, 3.05) is 13.1 Å². The number of thiophene rings is 1. The average molecular weight is 394 g/mol. The normalized spacial score (nSPS) is 15.6. The van der Waals surface area contributed by atoms with Gasteiger partial charge in [-0.05, 0) is 54.2 Å². The van der Waals surface area contributed by atoms with Gasteiger partial charge in [-0.1, -0.05) is 48.5 Å². The average Bonchev–Trinajstić information content (AvgIpc) is 3.17. The zero-order chi connectivity index (χ0) is 19.3. The van der Waals surface area contributed by atoms with Gasteiger partial charge in [0.2, 0.25) is 0 Å². The molecule has 0 bridgehead atoms. The van der Waals surface area contributed by atoms with Gasteiger partial charge in [-0.25, -0.2) is 0 Å². The Morgan fingerprint density at radius 2 is 1.79 bits per heavy atom. The van der Waals surface area contributed by atoms with Crippen LogP contribution in [0.4, 0.5) is 0 Å². The van der Waals surface area contributed by atoms with E-state index in [9.17, 15) is 5.11 Å². The van der Waals surface area contributed by atoms with E-state index in [0.29, 0.717) is 6.61 Å². The van der Waals surface area contributed by atoms with Crippen molar-refractivity contribution in [2.24, 2.45) is 0 Å². The van der Waals surface area contributed by atoms with Crippen LogP contribution in [0.1, 0.15) is 28.8 Å². The van der Waals surface area contributed by atoms with Crippen molar-refractivity contribution in [1.29, 1.82) is 0 Å². The second kappa shape index (κ2) is 8.91. The number of likely N-dealkylation sites (tertiary alicyclic amines) is 1. The van der Waals surface area contributed by atoms with E-state index >= 15 is 0 Å². The number of benzene rings is 2. The lowest BCUT2D eigenvalue weighted by Gasteiger charge is -2.28. The largest absolute Gasteiger partial charge is 0.479 e. The summed E-state index contributed by atoms with van der Waals surface area (Å²) in [4.78, 5) is 3.73. The molecule has 0 unspecified atom stereocenters. The standard InChI is InChI=1S/C24H27NO2S/c1-18-20(8-5-9-23(18)19-6-3-2-4-7-19)17-27-24-11-10-22(28-24)16-25-14-12-21(26)13-15-25/h2-11,21,26H,12-17H2,1H3. The molecule has 0 radical (unpaired) electrons. The second-order valence-corrected chi connectivity index (χ2v) is 8.60. The summed E-state index contributed by atoms with van der Waals surface area (Å²) in [5.74, 6) is 0. The fraction of sp³-hybridized carbons (Fsp3) is 0.333. The van der Waals surface area contributed by atoms with E-state index in [0.717, 1.165) is 37.5 Å². The van der Waals surface area contributed by atoms with Crippen LogP contribution in [0.15, 0.2) is 60.7 Å². The van der Waals surface area contributed by atoms with Gasteiger partial charge in [-0.2, -0.15) is 0 Å². The minimum atomic E-state index is -0.117. The summed E-state index contributed by atoms with van der Waals surface area (Å²) < 4.78 is 6.11. The summed E-state index contributed by atoms with van der Waals surface area (Å²) in [6.07, 6.45) is 1.64. The molecule has 4 rings (SSSR count). The zero-order valence-electron chi connectivity index (χ0n) is 16.3. The number of rotatable bonds is 6. The first-order valence-electron chi connectivity index (χ1n) is 9.95. The Morgan fingerprint density at radius 1 is 1.00 bits per heavy atom. The van der Waals surface area contributed by atoms with Gasteiger partial charge in [0.05, 0.1) is 6.10 Å². The lowest BCUT2D eigenvalue weighted by molar-refractivity contribution is 0.0797. The highest BCUT2D eigenvalue weighted by atomic mass is 32.1. The van der Waals surface area contributed by atoms with Crippen molar-refractivity contribution in [1.82, 2.24) is 4.90 Å². The first-order chi connectivity index (χ1) is 13.7. The molecule has 1 aromatic heterocycles. The first kappa shape index (κ1) is 19.2. The third-order valence-electron chi connectivity index (χ3n) is 5.47. The van der Waals surface area contributed by atoms with Gasteiger partial charge in [-0.3, -0.25) is 4.90 Å². The van der Waals surface area contributed by atoms with Crippen molar-refractivity contribution in [2.45, 2.75) is 39.0 Å². The number of hydrogen-bond donors (Lipinski definition) is 1. The van der Waals surface area contributed by atoms with Gasteiger partial charge in [0, 0.05) is 24.5 Å². The van der Waals surface area contributed by atoms with Crippen LogP contribution in [0.3, 0.4) is 0 Å². The molecule has 4 heteroatoms. The summed E-state index contributed by atoms with van der Waals surface area (Å²) >= 11 is 1.73. The van der Waals surface area contributed by atoms with Crippen molar-refractivity contribution < 1.29 is 9.84 Å². The monoisotopic (exact) mass is 393 g/mol. The summed E-state index contributed by atoms with van der Waals surface area (Å²) in [5.41, 5.74) is 5.01. The Kier molecular flexibility index (Phi) is 6.10. The molecule has 3 nitrogen and oxygen atoms in total. The molecule has 0 amide bonds. The second-order valence-electron chi connectivity index (χ2n) is 7.47. The molecule has 3 aromatic rings. The molecule has 0 atom stereocenters. The van der Waals surface area contributed by atoms with Crippen molar-refractivity contribution in [3.63, 3.8) is 0 Å². The summed E-state index contributed by atoms with van der Waals surface area (Å²) in [6, 6.07) is 21.2. The molecule has 1 N–H and O–H groups in total. The van der Waals surface area contributed by atoms with E-state index in [4.69, 9.17) is 4.74 Å². The van der Waals surface area contributed by atoms with E-state index < -0.39 is 0 Å². The van der Waals surface area contributed by atoms with Gasteiger partial charge < -0.3 is 9.84 Å². The molecule has 146 valence electrons. The third-order valence-corrected chi connectivity index (χ3v) is 6.46. The Hall–Kier alpha value is -2.14. The minimum Gasteiger partial charge on any atom is -0.479 e. The van der Waals surface area contributed by atoms with Crippen LogP contribution < -0.4 is 4.74 Å². The van der Waals surface area contributed by atoms with Crippen molar-refractivity contribution >= 4 is 11.3 Å². The zero-order valence-corrected chi connectivity index (χ0v) is 17.1. The highest BCUT2D eigenvalue weighted by Crippen LogP contribution is 2.29. The molecule has 0 spiro atoms.